The van der Waals surface area contributed by atoms with Crippen molar-refractivity contribution in [2.75, 3.05) is 0 Å². The molecule has 0 aliphatic heterocycles. The first-order valence-corrected chi connectivity index (χ1v) is 8.57. The quantitative estimate of drug-likeness (QED) is 0.615. The van der Waals surface area contributed by atoms with E-state index in [-0.39, 0.29) is 24.8 Å². The van der Waals surface area contributed by atoms with Crippen molar-refractivity contribution in [2.45, 2.75) is 55.4 Å². The molecule has 1 atom stereocenters. The molecule has 0 bridgehead atoms. The van der Waals surface area contributed by atoms with Gasteiger partial charge in [-0.1, -0.05) is 0 Å². The second-order valence-corrected chi connectivity index (χ2v) is 6.88. The SMILES string of the molecule is CC1=C(C)C(C)C(c2c(C)c(C)c(C)c(C)c2[O][Zr+2])=C1C.[Cl-].[Cl-]. The Labute approximate surface area is 169 Å². The summed E-state index contributed by atoms with van der Waals surface area (Å²) in [5.41, 5.74) is 12.6. The number of halogens is 2. The third-order valence-corrected chi connectivity index (χ3v) is 6.14. The molecule has 0 amide bonds. The zero-order valence-electron chi connectivity index (χ0n) is 15.2. The Balaban J connectivity index is 0.00000242. The molecule has 0 saturated carbocycles. The Morgan fingerprint density at radius 1 is 0.739 bits per heavy atom. The van der Waals surface area contributed by atoms with E-state index in [4.69, 9.17) is 2.81 Å². The van der Waals surface area contributed by atoms with Gasteiger partial charge in [0.25, 0.3) is 0 Å². The van der Waals surface area contributed by atoms with Crippen molar-refractivity contribution in [3.8, 4) is 5.75 Å². The molecule has 0 spiro atoms. The molecule has 0 heterocycles. The Morgan fingerprint density at radius 3 is 1.61 bits per heavy atom. The molecule has 0 radical (unpaired) electrons. The zero-order chi connectivity index (χ0) is 16.1. The topological polar surface area (TPSA) is 9.23 Å². The molecule has 1 aromatic carbocycles. The van der Waals surface area contributed by atoms with Crippen LogP contribution in [0.2, 0.25) is 0 Å². The molecule has 1 aromatic rings. The summed E-state index contributed by atoms with van der Waals surface area (Å²) in [6, 6.07) is 0. The third kappa shape index (κ3) is 3.51. The minimum Gasteiger partial charge on any atom is -1.00 e. The number of hydrogen-bond donors (Lipinski definition) is 0. The second-order valence-electron chi connectivity index (χ2n) is 6.37. The predicted molar refractivity (Wildman–Crippen MR) is 86.2 cm³/mol. The van der Waals surface area contributed by atoms with Crippen LogP contribution in [-0.2, 0) is 25.2 Å². The van der Waals surface area contributed by atoms with Gasteiger partial charge in [0, 0.05) is 0 Å². The molecule has 1 aliphatic carbocycles. The Hall–Kier alpha value is -0.0369. The van der Waals surface area contributed by atoms with Crippen LogP contribution in [0.15, 0.2) is 16.7 Å². The van der Waals surface area contributed by atoms with E-state index in [2.05, 4.69) is 55.4 Å². The van der Waals surface area contributed by atoms with Crippen LogP contribution in [0.3, 0.4) is 0 Å². The second kappa shape index (κ2) is 8.37. The van der Waals surface area contributed by atoms with Gasteiger partial charge < -0.3 is 24.8 Å². The molecule has 23 heavy (non-hydrogen) atoms. The zero-order valence-corrected chi connectivity index (χ0v) is 19.2. The Bertz CT molecular complexity index is 687. The van der Waals surface area contributed by atoms with Gasteiger partial charge in [0.1, 0.15) is 0 Å². The van der Waals surface area contributed by atoms with Gasteiger partial charge in [-0.25, -0.2) is 0 Å². The summed E-state index contributed by atoms with van der Waals surface area (Å²) in [7, 11) is 0. The van der Waals surface area contributed by atoms with E-state index in [1.165, 1.54) is 50.1 Å². The number of benzene rings is 1. The van der Waals surface area contributed by atoms with Crippen molar-refractivity contribution in [3.63, 3.8) is 0 Å². The molecule has 1 nitrogen and oxygen atoms in total. The first-order valence-electron chi connectivity index (χ1n) is 7.56. The summed E-state index contributed by atoms with van der Waals surface area (Å²) >= 11 is 1.10. The molecule has 0 saturated heterocycles. The van der Waals surface area contributed by atoms with Gasteiger partial charge in [-0.05, 0) is 0 Å². The van der Waals surface area contributed by atoms with E-state index in [0.29, 0.717) is 5.92 Å². The van der Waals surface area contributed by atoms with Gasteiger partial charge in [-0.2, -0.15) is 0 Å². The fourth-order valence-electron chi connectivity index (χ4n) is 3.50. The average Bonchev–Trinajstić information content (AvgIpc) is 2.65. The summed E-state index contributed by atoms with van der Waals surface area (Å²) in [5, 5.41) is 0. The van der Waals surface area contributed by atoms with E-state index in [9.17, 15) is 0 Å². The van der Waals surface area contributed by atoms with Crippen LogP contribution in [0.25, 0.3) is 5.57 Å². The molecule has 125 valence electrons. The van der Waals surface area contributed by atoms with Crippen molar-refractivity contribution in [1.29, 1.82) is 0 Å². The third-order valence-electron chi connectivity index (χ3n) is 5.64. The molecule has 1 aliphatic rings. The maximum atomic E-state index is 5.91. The van der Waals surface area contributed by atoms with Gasteiger partial charge in [0.15, 0.2) is 0 Å². The average molecular weight is 432 g/mol. The fourth-order valence-corrected chi connectivity index (χ4v) is 4.12. The summed E-state index contributed by atoms with van der Waals surface area (Å²) in [6.45, 7) is 18.0. The standard InChI is InChI=1S/C19H26O.2ClH.Zr/c1-9-10(2)14(6)17(13(9)5)18-15(7)11(3)12(4)16(8)19(18)20;;;/h13,20H,1-8H3;2*1H;/q;;;+3/p-3. The van der Waals surface area contributed by atoms with Crippen molar-refractivity contribution in [2.24, 2.45) is 5.92 Å². The van der Waals surface area contributed by atoms with Crippen molar-refractivity contribution in [3.05, 3.63) is 44.5 Å². The molecular weight excluding hydrogens is 406 g/mol. The van der Waals surface area contributed by atoms with Gasteiger partial charge in [-0.15, -0.1) is 0 Å². The van der Waals surface area contributed by atoms with Crippen LogP contribution in [-0.4, -0.2) is 0 Å². The summed E-state index contributed by atoms with van der Waals surface area (Å²) in [4.78, 5) is 0. The van der Waals surface area contributed by atoms with Gasteiger partial charge in [0.2, 0.25) is 0 Å². The predicted octanol–water partition coefficient (Wildman–Crippen LogP) is -0.472. The Kier molecular flexibility index (Phi) is 8.35. The minimum atomic E-state index is 0. The first kappa shape index (κ1) is 23.0. The van der Waals surface area contributed by atoms with Crippen LogP contribution >= 0.6 is 0 Å². The molecule has 2 rings (SSSR count). The molecule has 4 heteroatoms. The molecule has 0 N–H and O–H groups in total. The van der Waals surface area contributed by atoms with E-state index >= 15 is 0 Å². The van der Waals surface area contributed by atoms with E-state index in [0.717, 1.165) is 30.9 Å². The van der Waals surface area contributed by atoms with E-state index < -0.39 is 0 Å². The summed E-state index contributed by atoms with van der Waals surface area (Å²) in [5.74, 6) is 1.58. The number of rotatable bonds is 2. The summed E-state index contributed by atoms with van der Waals surface area (Å²) in [6.07, 6.45) is 0. The van der Waals surface area contributed by atoms with Crippen LogP contribution in [0.5, 0.6) is 5.75 Å². The Morgan fingerprint density at radius 2 is 1.22 bits per heavy atom. The first-order chi connectivity index (χ1) is 9.73. The molecule has 0 fully saturated rings. The normalized spacial score (nSPS) is 17.2. The van der Waals surface area contributed by atoms with Crippen LogP contribution in [0, 0.1) is 33.6 Å². The van der Waals surface area contributed by atoms with Gasteiger partial charge in [-0.3, -0.25) is 0 Å². The van der Waals surface area contributed by atoms with Crippen LogP contribution in [0.1, 0.15) is 55.5 Å². The molecular formula is C19H25Cl2OZr. The van der Waals surface area contributed by atoms with Crippen molar-refractivity contribution >= 4 is 5.57 Å². The van der Waals surface area contributed by atoms with Crippen LogP contribution < -0.4 is 27.6 Å². The van der Waals surface area contributed by atoms with Crippen molar-refractivity contribution < 1.29 is 52.8 Å². The largest absolute Gasteiger partial charge is 1.00 e. The molecule has 0 aromatic heterocycles. The number of allylic oxidation sites excluding steroid dienone is 4. The van der Waals surface area contributed by atoms with E-state index in [1.54, 1.807) is 0 Å². The fraction of sp³-hybridized carbons (Fsp3) is 0.474. The maximum Gasteiger partial charge on any atom is -1.00 e. The van der Waals surface area contributed by atoms with Gasteiger partial charge in [0.05, 0.1) is 0 Å². The maximum absolute atomic E-state index is 5.91. The molecule has 1 unspecified atom stereocenters. The smallest absolute Gasteiger partial charge is 1.00 e. The van der Waals surface area contributed by atoms with Crippen molar-refractivity contribution in [1.82, 2.24) is 0 Å². The van der Waals surface area contributed by atoms with E-state index in [1.807, 2.05) is 0 Å². The summed E-state index contributed by atoms with van der Waals surface area (Å²) < 4.78 is 5.91. The minimum absolute atomic E-state index is 0. The van der Waals surface area contributed by atoms with Crippen LogP contribution in [0.4, 0.5) is 0 Å². The monoisotopic (exact) mass is 429 g/mol. The van der Waals surface area contributed by atoms with Gasteiger partial charge >= 0.3 is 145 Å². The number of hydrogen-bond acceptors (Lipinski definition) is 1.